The minimum absolute atomic E-state index is 0. The van der Waals surface area contributed by atoms with Crippen LogP contribution in [0.4, 0.5) is 0 Å². The standard InChI is InChI=1S/C7H8O3S.Sn.2H/c8-11(9,10)6-7-4-2-1-3-5-7;;;/h1-5H,6H2,(H,8,9,10);;;. The van der Waals surface area contributed by atoms with E-state index in [1.54, 1.807) is 30.3 Å². The molecule has 2 radical (unpaired) electrons. The van der Waals surface area contributed by atoms with E-state index >= 15 is 0 Å². The van der Waals surface area contributed by atoms with Crippen molar-refractivity contribution < 1.29 is 13.0 Å². The van der Waals surface area contributed by atoms with Crippen molar-refractivity contribution in [2.45, 2.75) is 5.75 Å². The Morgan fingerprint density at radius 1 is 1.17 bits per heavy atom. The van der Waals surface area contributed by atoms with E-state index in [0.717, 1.165) is 0 Å². The van der Waals surface area contributed by atoms with Gasteiger partial charge in [0, 0.05) is 0 Å². The second kappa shape index (κ2) is 4.83. The molecule has 0 amide bonds. The Hall–Kier alpha value is -0.0713. The van der Waals surface area contributed by atoms with Crippen molar-refractivity contribution >= 4 is 34.0 Å². The molecule has 0 heterocycles. The average molecular weight is 293 g/mol. The molecule has 0 bridgehead atoms. The van der Waals surface area contributed by atoms with Gasteiger partial charge in [-0.3, -0.25) is 4.55 Å². The molecule has 1 rings (SSSR count). The Balaban J connectivity index is 0.00000121. The summed E-state index contributed by atoms with van der Waals surface area (Å²) in [5.74, 6) is -0.312. The Morgan fingerprint density at radius 3 is 2.08 bits per heavy atom. The first-order valence-electron chi connectivity index (χ1n) is 3.07. The van der Waals surface area contributed by atoms with Gasteiger partial charge in [-0.05, 0) is 5.56 Å². The molecule has 0 saturated carbocycles. The molecular weight excluding hydrogens is 283 g/mol. The fourth-order valence-electron chi connectivity index (χ4n) is 0.785. The first-order chi connectivity index (χ1) is 5.08. The van der Waals surface area contributed by atoms with Crippen molar-refractivity contribution in [1.82, 2.24) is 0 Å². The van der Waals surface area contributed by atoms with Crippen molar-refractivity contribution in [3.63, 3.8) is 0 Å². The van der Waals surface area contributed by atoms with E-state index in [1.165, 1.54) is 0 Å². The van der Waals surface area contributed by atoms with Gasteiger partial charge < -0.3 is 0 Å². The first-order valence-corrected chi connectivity index (χ1v) is 4.68. The van der Waals surface area contributed by atoms with Crippen molar-refractivity contribution in [3.8, 4) is 0 Å². The zero-order valence-electron chi connectivity index (χ0n) is 6.47. The van der Waals surface area contributed by atoms with Crippen molar-refractivity contribution in [2.75, 3.05) is 0 Å². The zero-order chi connectivity index (χ0) is 8.32. The van der Waals surface area contributed by atoms with Gasteiger partial charge in [0.1, 0.15) is 5.75 Å². The molecule has 0 unspecified atom stereocenters. The molecule has 1 N–H and O–H groups in total. The molecule has 0 saturated heterocycles. The summed E-state index contributed by atoms with van der Waals surface area (Å²) in [6.45, 7) is 0. The van der Waals surface area contributed by atoms with Gasteiger partial charge in [0.2, 0.25) is 0 Å². The maximum absolute atomic E-state index is 10.4. The predicted molar refractivity (Wildman–Crippen MR) is 50.2 cm³/mol. The van der Waals surface area contributed by atoms with Gasteiger partial charge >= 0.3 is 23.9 Å². The Bertz CT molecular complexity index is 320. The van der Waals surface area contributed by atoms with Gasteiger partial charge in [0.05, 0.1) is 0 Å². The third-order valence-corrected chi connectivity index (χ3v) is 1.89. The van der Waals surface area contributed by atoms with Crippen LogP contribution in [0.25, 0.3) is 0 Å². The summed E-state index contributed by atoms with van der Waals surface area (Å²) < 4.78 is 29.2. The molecule has 3 nitrogen and oxygen atoms in total. The quantitative estimate of drug-likeness (QED) is 0.624. The SMILES string of the molecule is O=S(=O)(O)Cc1ccccc1.[SnH2]. The molecular formula is C7H10O3SSn. The summed E-state index contributed by atoms with van der Waals surface area (Å²) in [7, 11) is -3.88. The summed E-state index contributed by atoms with van der Waals surface area (Å²) in [5.41, 5.74) is 0.593. The summed E-state index contributed by atoms with van der Waals surface area (Å²) in [4.78, 5) is 0. The van der Waals surface area contributed by atoms with Crippen molar-refractivity contribution in [2.24, 2.45) is 0 Å². The van der Waals surface area contributed by atoms with Crippen LogP contribution in [0.2, 0.25) is 0 Å². The van der Waals surface area contributed by atoms with Gasteiger partial charge in [0.25, 0.3) is 10.1 Å². The summed E-state index contributed by atoms with van der Waals surface area (Å²) in [5, 5.41) is 0. The van der Waals surface area contributed by atoms with E-state index in [-0.39, 0.29) is 29.7 Å². The minimum atomic E-state index is -3.88. The Labute approximate surface area is 88.5 Å². The van der Waals surface area contributed by atoms with E-state index < -0.39 is 10.1 Å². The van der Waals surface area contributed by atoms with Gasteiger partial charge in [0.15, 0.2) is 0 Å². The molecule has 0 spiro atoms. The van der Waals surface area contributed by atoms with Gasteiger partial charge in [-0.25, -0.2) is 0 Å². The number of hydrogen-bond donors (Lipinski definition) is 1. The molecule has 12 heavy (non-hydrogen) atoms. The van der Waals surface area contributed by atoms with Gasteiger partial charge in [-0.15, -0.1) is 0 Å². The summed E-state index contributed by atoms with van der Waals surface area (Å²) in [6, 6.07) is 8.52. The third-order valence-electron chi connectivity index (χ3n) is 1.19. The molecule has 5 heteroatoms. The van der Waals surface area contributed by atoms with Crippen LogP contribution in [0.3, 0.4) is 0 Å². The molecule has 0 fully saturated rings. The molecule has 0 aliphatic rings. The molecule has 1 aromatic carbocycles. The normalized spacial score (nSPS) is 10.4. The fraction of sp³-hybridized carbons (Fsp3) is 0.143. The van der Waals surface area contributed by atoms with Crippen LogP contribution in [-0.4, -0.2) is 36.9 Å². The van der Waals surface area contributed by atoms with Crippen LogP contribution in [0, 0.1) is 0 Å². The number of benzene rings is 1. The number of hydrogen-bond acceptors (Lipinski definition) is 2. The van der Waals surface area contributed by atoms with E-state index in [4.69, 9.17) is 4.55 Å². The third kappa shape index (κ3) is 4.74. The van der Waals surface area contributed by atoms with Crippen LogP contribution in [0.5, 0.6) is 0 Å². The van der Waals surface area contributed by atoms with Crippen molar-refractivity contribution in [3.05, 3.63) is 35.9 Å². The average Bonchev–Trinajstić information content (AvgIpc) is 1.85. The Kier molecular flexibility index (Phi) is 4.81. The number of rotatable bonds is 2. The molecule has 0 aromatic heterocycles. The van der Waals surface area contributed by atoms with Crippen LogP contribution < -0.4 is 0 Å². The monoisotopic (exact) mass is 294 g/mol. The Morgan fingerprint density at radius 2 is 1.67 bits per heavy atom. The van der Waals surface area contributed by atoms with Crippen LogP contribution in [0.1, 0.15) is 5.56 Å². The second-order valence-electron chi connectivity index (χ2n) is 2.21. The summed E-state index contributed by atoms with van der Waals surface area (Å²) in [6.07, 6.45) is 0. The molecule has 0 aliphatic heterocycles. The topological polar surface area (TPSA) is 54.4 Å². The first kappa shape index (κ1) is 11.9. The molecule has 1 aromatic rings. The van der Waals surface area contributed by atoms with Crippen LogP contribution >= 0.6 is 0 Å². The fourth-order valence-corrected chi connectivity index (χ4v) is 1.40. The van der Waals surface area contributed by atoms with Crippen molar-refractivity contribution in [1.29, 1.82) is 0 Å². The summed E-state index contributed by atoms with van der Waals surface area (Å²) >= 11 is 0. The van der Waals surface area contributed by atoms with Gasteiger partial charge in [-0.2, -0.15) is 8.42 Å². The molecule has 0 aliphatic carbocycles. The van der Waals surface area contributed by atoms with E-state index in [2.05, 4.69) is 0 Å². The van der Waals surface area contributed by atoms with E-state index in [1.807, 2.05) is 0 Å². The van der Waals surface area contributed by atoms with E-state index in [9.17, 15) is 8.42 Å². The predicted octanol–water partition coefficient (Wildman–Crippen LogP) is 0.158. The maximum atomic E-state index is 10.4. The van der Waals surface area contributed by atoms with Crippen LogP contribution in [-0.2, 0) is 15.9 Å². The zero-order valence-corrected chi connectivity index (χ0v) is 11.3. The van der Waals surface area contributed by atoms with Crippen LogP contribution in [0.15, 0.2) is 30.3 Å². The molecule has 0 atom stereocenters. The van der Waals surface area contributed by atoms with E-state index in [0.29, 0.717) is 5.56 Å². The second-order valence-corrected chi connectivity index (χ2v) is 3.66. The molecule has 66 valence electrons. The van der Waals surface area contributed by atoms with Gasteiger partial charge in [-0.1, -0.05) is 30.3 Å².